The first-order valence-electron chi connectivity index (χ1n) is 7.96. The van der Waals surface area contributed by atoms with Crippen LogP contribution in [0.1, 0.15) is 79.5 Å². The van der Waals surface area contributed by atoms with Crippen LogP contribution in [0.3, 0.4) is 0 Å². The number of hydrogen-bond acceptors (Lipinski definition) is 2. The van der Waals surface area contributed by atoms with E-state index in [4.69, 9.17) is 0 Å². The Balaban J connectivity index is 2.16. The Kier molecular flexibility index (Phi) is 3.77. The van der Waals surface area contributed by atoms with Crippen LogP contribution in [0.4, 0.5) is 0 Å². The molecule has 1 aromatic rings. The van der Waals surface area contributed by atoms with Crippen LogP contribution >= 0.6 is 0 Å². The lowest BCUT2D eigenvalue weighted by Crippen LogP contribution is -2.34. The predicted octanol–water partition coefficient (Wildman–Crippen LogP) is 3.43. The Hall–Kier alpha value is -1.38. The largest absolute Gasteiger partial charge is 0.309 e. The van der Waals surface area contributed by atoms with Crippen LogP contribution in [0.5, 0.6) is 0 Å². The summed E-state index contributed by atoms with van der Waals surface area (Å²) in [5.74, 6) is -0.0899. The fourth-order valence-corrected chi connectivity index (χ4v) is 3.81. The van der Waals surface area contributed by atoms with E-state index in [-0.39, 0.29) is 11.3 Å². The maximum atomic E-state index is 12.7. The number of fused-ring (bicyclic) bond motifs is 1. The molecule has 20 heavy (non-hydrogen) atoms. The number of carbonyl (C=O) groups excluding carboxylic acids is 1. The molecule has 0 amide bonds. The first-order valence-corrected chi connectivity index (χ1v) is 7.96. The van der Waals surface area contributed by atoms with Gasteiger partial charge in [0, 0.05) is 11.7 Å². The van der Waals surface area contributed by atoms with Gasteiger partial charge in [-0.1, -0.05) is 19.3 Å². The van der Waals surface area contributed by atoms with Gasteiger partial charge in [0.15, 0.2) is 5.78 Å². The van der Waals surface area contributed by atoms with Gasteiger partial charge in [0.2, 0.25) is 0 Å². The van der Waals surface area contributed by atoms with Crippen LogP contribution in [-0.2, 0) is 12.8 Å². The predicted molar refractivity (Wildman–Crippen MR) is 79.5 cm³/mol. The molecule has 0 aromatic carbocycles. The monoisotopic (exact) mass is 273 g/mol. The van der Waals surface area contributed by atoms with Crippen LogP contribution in [-0.4, -0.2) is 10.4 Å². The molecule has 0 bridgehead atoms. The lowest BCUT2D eigenvalue weighted by molar-refractivity contribution is 0.101. The summed E-state index contributed by atoms with van der Waals surface area (Å²) in [6.07, 6.45) is 10.2. The van der Waals surface area contributed by atoms with Crippen LogP contribution in [0.25, 0.3) is 0 Å². The standard InChI is InChI=1S/C17H23NO2/c1-12(19)15-11-13-7-5-6-10-16(13)18(17(15)20)14-8-3-2-4-9-14/h11,14H,2-10H2,1H3. The van der Waals surface area contributed by atoms with Gasteiger partial charge < -0.3 is 4.57 Å². The molecule has 2 aliphatic rings. The molecule has 0 unspecified atom stereocenters. The zero-order chi connectivity index (χ0) is 14.1. The molecule has 0 aliphatic heterocycles. The summed E-state index contributed by atoms with van der Waals surface area (Å²) in [6, 6.07) is 2.20. The molecular formula is C17H23NO2. The molecule has 1 saturated carbocycles. The van der Waals surface area contributed by atoms with Crippen molar-refractivity contribution >= 4 is 5.78 Å². The number of rotatable bonds is 2. The highest BCUT2D eigenvalue weighted by molar-refractivity contribution is 5.93. The van der Waals surface area contributed by atoms with Crippen molar-refractivity contribution in [2.45, 2.75) is 70.8 Å². The first-order chi connectivity index (χ1) is 9.68. The minimum atomic E-state index is -0.0899. The van der Waals surface area contributed by atoms with Crippen molar-refractivity contribution in [3.63, 3.8) is 0 Å². The van der Waals surface area contributed by atoms with Gasteiger partial charge in [-0.05, 0) is 57.1 Å². The smallest absolute Gasteiger partial charge is 0.261 e. The van der Waals surface area contributed by atoms with Crippen molar-refractivity contribution in [2.24, 2.45) is 0 Å². The number of Topliss-reactive ketones (excluding diaryl/α,β-unsaturated/α-hetero) is 1. The van der Waals surface area contributed by atoms with E-state index in [2.05, 4.69) is 0 Å². The fraction of sp³-hybridized carbons (Fsp3) is 0.647. The average molecular weight is 273 g/mol. The highest BCUT2D eigenvalue weighted by Gasteiger charge is 2.25. The maximum absolute atomic E-state index is 12.7. The topological polar surface area (TPSA) is 39.1 Å². The fourth-order valence-electron chi connectivity index (χ4n) is 3.81. The average Bonchev–Trinajstić information content (AvgIpc) is 2.47. The van der Waals surface area contributed by atoms with Gasteiger partial charge in [-0.25, -0.2) is 0 Å². The number of aryl methyl sites for hydroxylation is 1. The molecule has 0 N–H and O–H groups in total. The molecule has 108 valence electrons. The maximum Gasteiger partial charge on any atom is 0.261 e. The Bertz CT molecular complexity index is 579. The third-order valence-corrected chi connectivity index (χ3v) is 4.86. The molecule has 1 aromatic heterocycles. The van der Waals surface area contributed by atoms with Gasteiger partial charge >= 0.3 is 0 Å². The Labute approximate surface area is 120 Å². The van der Waals surface area contributed by atoms with Gasteiger partial charge in [0.1, 0.15) is 0 Å². The van der Waals surface area contributed by atoms with Crippen molar-refractivity contribution in [1.29, 1.82) is 0 Å². The van der Waals surface area contributed by atoms with Crippen molar-refractivity contribution < 1.29 is 4.79 Å². The van der Waals surface area contributed by atoms with Crippen molar-refractivity contribution in [2.75, 3.05) is 0 Å². The highest BCUT2D eigenvalue weighted by Crippen LogP contribution is 2.31. The summed E-state index contributed by atoms with van der Waals surface area (Å²) in [7, 11) is 0. The van der Waals surface area contributed by atoms with E-state index < -0.39 is 0 Å². The first kappa shape index (κ1) is 13.6. The molecule has 3 heteroatoms. The van der Waals surface area contributed by atoms with Crippen molar-refractivity contribution in [3.05, 3.63) is 33.2 Å². The van der Waals surface area contributed by atoms with Crippen LogP contribution in [0.2, 0.25) is 0 Å². The third-order valence-electron chi connectivity index (χ3n) is 4.86. The second-order valence-electron chi connectivity index (χ2n) is 6.26. The number of pyridine rings is 1. The molecular weight excluding hydrogens is 250 g/mol. The summed E-state index contributed by atoms with van der Waals surface area (Å²) in [4.78, 5) is 24.5. The molecule has 2 aliphatic carbocycles. The van der Waals surface area contributed by atoms with Gasteiger partial charge in [-0.2, -0.15) is 0 Å². The van der Waals surface area contributed by atoms with E-state index in [0.29, 0.717) is 11.6 Å². The summed E-state index contributed by atoms with van der Waals surface area (Å²) in [6.45, 7) is 1.51. The summed E-state index contributed by atoms with van der Waals surface area (Å²) in [5.41, 5.74) is 2.83. The lowest BCUT2D eigenvalue weighted by Gasteiger charge is -2.30. The number of hydrogen-bond donors (Lipinski definition) is 0. The Morgan fingerprint density at radius 1 is 1.10 bits per heavy atom. The quantitative estimate of drug-likeness (QED) is 0.774. The van der Waals surface area contributed by atoms with E-state index in [9.17, 15) is 9.59 Å². The van der Waals surface area contributed by atoms with E-state index in [1.165, 1.54) is 50.3 Å². The van der Waals surface area contributed by atoms with Gasteiger partial charge in [-0.15, -0.1) is 0 Å². The molecule has 0 spiro atoms. The SMILES string of the molecule is CC(=O)c1cc2c(n(C3CCCCC3)c1=O)CCCC2. The molecule has 3 nitrogen and oxygen atoms in total. The van der Waals surface area contributed by atoms with Crippen LogP contribution < -0.4 is 5.56 Å². The zero-order valence-electron chi connectivity index (χ0n) is 12.3. The van der Waals surface area contributed by atoms with Gasteiger partial charge in [0.05, 0.1) is 5.56 Å². The Morgan fingerprint density at radius 3 is 2.50 bits per heavy atom. The second kappa shape index (κ2) is 5.55. The van der Waals surface area contributed by atoms with Crippen molar-refractivity contribution in [3.8, 4) is 0 Å². The molecule has 0 atom stereocenters. The summed E-state index contributed by atoms with van der Waals surface area (Å²) < 4.78 is 2.00. The number of aromatic nitrogens is 1. The second-order valence-corrected chi connectivity index (χ2v) is 6.26. The van der Waals surface area contributed by atoms with E-state index in [1.54, 1.807) is 0 Å². The number of ketones is 1. The summed E-state index contributed by atoms with van der Waals surface area (Å²) >= 11 is 0. The normalized spacial score (nSPS) is 19.6. The van der Waals surface area contributed by atoms with Crippen LogP contribution in [0, 0.1) is 0 Å². The summed E-state index contributed by atoms with van der Waals surface area (Å²) in [5, 5.41) is 0. The molecule has 3 rings (SSSR count). The molecule has 0 radical (unpaired) electrons. The lowest BCUT2D eigenvalue weighted by atomic mass is 9.90. The van der Waals surface area contributed by atoms with Gasteiger partial charge in [-0.3, -0.25) is 9.59 Å². The van der Waals surface area contributed by atoms with E-state index in [1.807, 2.05) is 10.6 Å². The molecule has 1 fully saturated rings. The van der Waals surface area contributed by atoms with E-state index in [0.717, 1.165) is 25.7 Å². The number of nitrogens with zero attached hydrogens (tertiary/aromatic N) is 1. The third kappa shape index (κ3) is 2.34. The molecule has 0 saturated heterocycles. The minimum Gasteiger partial charge on any atom is -0.309 e. The minimum absolute atomic E-state index is 0.0370. The zero-order valence-corrected chi connectivity index (χ0v) is 12.3. The number of carbonyl (C=O) groups is 1. The van der Waals surface area contributed by atoms with E-state index >= 15 is 0 Å². The van der Waals surface area contributed by atoms with Gasteiger partial charge in [0.25, 0.3) is 5.56 Å². The highest BCUT2D eigenvalue weighted by atomic mass is 16.1. The van der Waals surface area contributed by atoms with Crippen molar-refractivity contribution in [1.82, 2.24) is 4.57 Å². The van der Waals surface area contributed by atoms with Crippen LogP contribution in [0.15, 0.2) is 10.9 Å². The molecule has 1 heterocycles. The Morgan fingerprint density at radius 2 is 1.80 bits per heavy atom.